The van der Waals surface area contributed by atoms with E-state index in [1.165, 1.54) is 24.4 Å². The largest absolute Gasteiger partial charge is 0.393 e. The number of anilines is 1. The van der Waals surface area contributed by atoms with E-state index in [1.54, 1.807) is 6.20 Å². The van der Waals surface area contributed by atoms with Crippen molar-refractivity contribution in [2.45, 2.75) is 31.7 Å². The van der Waals surface area contributed by atoms with Gasteiger partial charge in [-0.1, -0.05) is 18.3 Å². The van der Waals surface area contributed by atoms with Crippen molar-refractivity contribution >= 4 is 33.9 Å². The summed E-state index contributed by atoms with van der Waals surface area (Å²) in [5.41, 5.74) is 6.78. The average Bonchev–Trinajstić information content (AvgIpc) is 3.22. The van der Waals surface area contributed by atoms with Crippen LogP contribution in [-0.4, -0.2) is 25.9 Å². The van der Waals surface area contributed by atoms with Crippen LogP contribution in [0.25, 0.3) is 0 Å². The summed E-state index contributed by atoms with van der Waals surface area (Å²) >= 11 is 6.45. The predicted octanol–water partition coefficient (Wildman–Crippen LogP) is 2.49. The molecule has 1 fully saturated rings. The van der Waals surface area contributed by atoms with Gasteiger partial charge in [-0.3, -0.25) is 4.98 Å². The smallest absolute Gasteiger partial charge is 0.205 e. The minimum atomic E-state index is 0.526. The Hall–Kier alpha value is -1.60. The molecule has 110 valence electrons. The summed E-state index contributed by atoms with van der Waals surface area (Å²) in [5.74, 6) is 1.56. The Balaban J connectivity index is 1.75. The number of pyridine rings is 1. The van der Waals surface area contributed by atoms with Crippen molar-refractivity contribution < 1.29 is 0 Å². The quantitative estimate of drug-likeness (QED) is 0.791. The third-order valence-corrected chi connectivity index (χ3v) is 4.36. The van der Waals surface area contributed by atoms with Crippen molar-refractivity contribution in [1.29, 1.82) is 0 Å². The monoisotopic (exact) mass is 319 g/mol. The summed E-state index contributed by atoms with van der Waals surface area (Å²) in [6, 6.07) is 4.00. The van der Waals surface area contributed by atoms with Crippen molar-refractivity contribution in [1.82, 2.24) is 14.3 Å². The Labute approximate surface area is 133 Å². The van der Waals surface area contributed by atoms with Crippen molar-refractivity contribution in [3.63, 3.8) is 0 Å². The Morgan fingerprint density at radius 2 is 2.33 bits per heavy atom. The minimum absolute atomic E-state index is 0.526. The molecule has 5 nitrogen and oxygen atoms in total. The first-order valence-corrected chi connectivity index (χ1v) is 8.16. The maximum absolute atomic E-state index is 5.64. The molecule has 7 heteroatoms. The fraction of sp³-hybridized carbons (Fsp3) is 0.429. The Morgan fingerprint density at radius 3 is 3.00 bits per heavy atom. The highest BCUT2D eigenvalue weighted by Crippen LogP contribution is 2.39. The molecular weight excluding hydrogens is 302 g/mol. The number of nitrogens with zero attached hydrogens (tertiary/aromatic N) is 4. The number of aromatic nitrogens is 3. The summed E-state index contributed by atoms with van der Waals surface area (Å²) < 4.78 is 4.48. The zero-order valence-corrected chi connectivity index (χ0v) is 13.2. The lowest BCUT2D eigenvalue weighted by molar-refractivity contribution is 0.794. The molecule has 0 amide bonds. The van der Waals surface area contributed by atoms with E-state index in [2.05, 4.69) is 25.3 Å². The van der Waals surface area contributed by atoms with E-state index in [4.69, 9.17) is 18.0 Å². The molecule has 0 aliphatic heterocycles. The van der Waals surface area contributed by atoms with E-state index in [0.29, 0.717) is 17.3 Å². The number of thiocarbonyl (C=S) groups is 1. The van der Waals surface area contributed by atoms with Crippen LogP contribution in [0.4, 0.5) is 5.13 Å². The second kappa shape index (κ2) is 6.44. The van der Waals surface area contributed by atoms with Gasteiger partial charge in [0, 0.05) is 49.4 Å². The van der Waals surface area contributed by atoms with E-state index in [-0.39, 0.29) is 0 Å². The van der Waals surface area contributed by atoms with Gasteiger partial charge in [-0.2, -0.15) is 4.37 Å². The third-order valence-electron chi connectivity index (χ3n) is 3.37. The van der Waals surface area contributed by atoms with Gasteiger partial charge >= 0.3 is 0 Å². The lowest BCUT2D eigenvalue weighted by Gasteiger charge is -2.21. The minimum Gasteiger partial charge on any atom is -0.393 e. The zero-order valence-electron chi connectivity index (χ0n) is 11.6. The molecule has 1 aliphatic carbocycles. The molecule has 21 heavy (non-hydrogen) atoms. The molecule has 0 bridgehead atoms. The summed E-state index contributed by atoms with van der Waals surface area (Å²) in [6.07, 6.45) is 6.75. The Kier molecular flexibility index (Phi) is 4.40. The van der Waals surface area contributed by atoms with Crippen LogP contribution in [0.15, 0.2) is 24.5 Å². The molecule has 0 aromatic carbocycles. The maximum Gasteiger partial charge on any atom is 0.205 e. The second-order valence-electron chi connectivity index (χ2n) is 5.21. The fourth-order valence-corrected chi connectivity index (χ4v) is 2.92. The van der Waals surface area contributed by atoms with E-state index in [0.717, 1.165) is 29.6 Å². The van der Waals surface area contributed by atoms with Crippen LogP contribution in [0.2, 0.25) is 0 Å². The van der Waals surface area contributed by atoms with Crippen LogP contribution in [0.3, 0.4) is 0 Å². The number of rotatable bonds is 7. The molecule has 2 N–H and O–H groups in total. The highest BCUT2D eigenvalue weighted by molar-refractivity contribution is 7.80. The molecule has 2 heterocycles. The highest BCUT2D eigenvalue weighted by Gasteiger charge is 2.28. The van der Waals surface area contributed by atoms with Gasteiger partial charge in [0.1, 0.15) is 5.82 Å². The van der Waals surface area contributed by atoms with Gasteiger partial charge in [-0.25, -0.2) is 4.98 Å². The van der Waals surface area contributed by atoms with Crippen molar-refractivity contribution in [3.8, 4) is 0 Å². The lowest BCUT2D eigenvalue weighted by atomic mass is 10.2. The van der Waals surface area contributed by atoms with Gasteiger partial charge in [0.15, 0.2) is 0 Å². The van der Waals surface area contributed by atoms with E-state index in [9.17, 15) is 0 Å². The highest BCUT2D eigenvalue weighted by atomic mass is 32.1. The van der Waals surface area contributed by atoms with E-state index >= 15 is 0 Å². The van der Waals surface area contributed by atoms with Gasteiger partial charge < -0.3 is 10.6 Å². The lowest BCUT2D eigenvalue weighted by Crippen LogP contribution is -2.27. The normalized spacial score (nSPS) is 14.1. The van der Waals surface area contributed by atoms with Crippen molar-refractivity contribution in [2.24, 2.45) is 5.73 Å². The molecule has 0 atom stereocenters. The number of hydrogen-bond acceptors (Lipinski definition) is 6. The molecular formula is C14H17N5S2. The number of nitrogens with two attached hydrogens (primary N) is 1. The number of hydrogen-bond donors (Lipinski definition) is 1. The Bertz CT molecular complexity index is 609. The molecule has 0 spiro atoms. The van der Waals surface area contributed by atoms with Crippen molar-refractivity contribution in [3.05, 3.63) is 35.9 Å². The van der Waals surface area contributed by atoms with Crippen LogP contribution >= 0.6 is 23.8 Å². The SMILES string of the molecule is NC(=S)CCN(Cc1cccnc1)c1nc(C2CC2)ns1. The predicted molar refractivity (Wildman–Crippen MR) is 88.6 cm³/mol. The summed E-state index contributed by atoms with van der Waals surface area (Å²) in [4.78, 5) is 11.5. The first kappa shape index (κ1) is 14.3. The molecule has 0 radical (unpaired) electrons. The first-order valence-electron chi connectivity index (χ1n) is 6.98. The summed E-state index contributed by atoms with van der Waals surface area (Å²) in [7, 11) is 0. The topological polar surface area (TPSA) is 67.9 Å². The first-order chi connectivity index (χ1) is 10.2. The molecule has 2 aromatic rings. The van der Waals surface area contributed by atoms with Gasteiger partial charge in [-0.05, 0) is 24.5 Å². The van der Waals surface area contributed by atoms with Crippen molar-refractivity contribution in [2.75, 3.05) is 11.4 Å². The zero-order chi connectivity index (χ0) is 14.7. The summed E-state index contributed by atoms with van der Waals surface area (Å²) in [6.45, 7) is 1.50. The molecule has 0 unspecified atom stereocenters. The van der Waals surface area contributed by atoms with Gasteiger partial charge in [0.05, 0.1) is 4.99 Å². The third kappa shape index (κ3) is 3.95. The molecule has 2 aromatic heterocycles. The van der Waals surface area contributed by atoms with Crippen LogP contribution in [0.5, 0.6) is 0 Å². The van der Waals surface area contributed by atoms with Crippen LogP contribution in [-0.2, 0) is 6.54 Å². The standard InChI is InChI=1S/C14H17N5S2/c15-12(20)5-7-19(9-10-2-1-6-16-8-10)14-17-13(18-21-14)11-3-4-11/h1-2,6,8,11H,3-5,7,9H2,(H2,15,20). The average molecular weight is 319 g/mol. The van der Waals surface area contributed by atoms with Crippen LogP contribution < -0.4 is 10.6 Å². The second-order valence-corrected chi connectivity index (χ2v) is 6.46. The Morgan fingerprint density at radius 1 is 1.48 bits per heavy atom. The maximum atomic E-state index is 5.64. The van der Waals surface area contributed by atoms with Crippen LogP contribution in [0, 0.1) is 0 Å². The molecule has 1 aliphatic rings. The molecule has 1 saturated carbocycles. The van der Waals surface area contributed by atoms with E-state index < -0.39 is 0 Å². The van der Waals surface area contributed by atoms with Crippen LogP contribution in [0.1, 0.15) is 36.6 Å². The summed E-state index contributed by atoms with van der Waals surface area (Å²) in [5, 5.41) is 0.942. The fourth-order valence-electron chi connectivity index (χ4n) is 2.06. The molecule has 3 rings (SSSR count). The molecule has 0 saturated heterocycles. The van der Waals surface area contributed by atoms with E-state index in [1.807, 2.05) is 12.3 Å². The van der Waals surface area contributed by atoms with Gasteiger partial charge in [0.2, 0.25) is 5.13 Å². The van der Waals surface area contributed by atoms with Gasteiger partial charge in [0.25, 0.3) is 0 Å². The van der Waals surface area contributed by atoms with Gasteiger partial charge in [-0.15, -0.1) is 0 Å².